The third kappa shape index (κ3) is 3.85. The highest BCUT2D eigenvalue weighted by Crippen LogP contribution is 2.42. The quantitative estimate of drug-likeness (QED) is 0.565. The van der Waals surface area contributed by atoms with Gasteiger partial charge in [0.05, 0.1) is 16.2 Å². The first-order valence-corrected chi connectivity index (χ1v) is 12.0. The summed E-state index contributed by atoms with van der Waals surface area (Å²) in [4.78, 5) is 14.1. The SMILES string of the molecule is CC(Sc1nnc(-c2cccs2)n1C1CC1)C(=O)NC1CCCc2ccccc21. The predicted molar refractivity (Wildman–Crippen MR) is 117 cm³/mol. The van der Waals surface area contributed by atoms with E-state index in [1.54, 1.807) is 11.3 Å². The molecular formula is C22H24N4OS2. The Kier molecular flexibility index (Phi) is 5.18. The van der Waals surface area contributed by atoms with Crippen LogP contribution in [0.4, 0.5) is 0 Å². The molecule has 5 rings (SSSR count). The van der Waals surface area contributed by atoms with Crippen molar-refractivity contribution in [2.45, 2.75) is 61.5 Å². The van der Waals surface area contributed by atoms with Gasteiger partial charge in [-0.05, 0) is 61.6 Å². The van der Waals surface area contributed by atoms with Gasteiger partial charge < -0.3 is 5.32 Å². The molecule has 2 aromatic heterocycles. The lowest BCUT2D eigenvalue weighted by molar-refractivity contribution is -0.121. The van der Waals surface area contributed by atoms with E-state index in [4.69, 9.17) is 0 Å². The number of nitrogens with zero attached hydrogens (tertiary/aromatic N) is 3. The summed E-state index contributed by atoms with van der Waals surface area (Å²) in [5.74, 6) is 0.999. The number of thiophene rings is 1. The molecule has 0 radical (unpaired) electrons. The zero-order chi connectivity index (χ0) is 19.8. The molecule has 7 heteroatoms. The molecule has 1 amide bonds. The lowest BCUT2D eigenvalue weighted by Crippen LogP contribution is -2.36. The Hall–Kier alpha value is -2.12. The first kappa shape index (κ1) is 18.9. The van der Waals surface area contributed by atoms with Gasteiger partial charge >= 0.3 is 0 Å². The highest BCUT2D eigenvalue weighted by atomic mass is 32.2. The molecular weight excluding hydrogens is 400 g/mol. The number of rotatable bonds is 6. The number of aryl methyl sites for hydroxylation is 1. The zero-order valence-electron chi connectivity index (χ0n) is 16.4. The number of carbonyl (C=O) groups excluding carboxylic acids is 1. The van der Waals surface area contributed by atoms with Crippen LogP contribution in [0.2, 0.25) is 0 Å². The highest BCUT2D eigenvalue weighted by Gasteiger charge is 2.32. The van der Waals surface area contributed by atoms with Crippen LogP contribution >= 0.6 is 23.1 Å². The van der Waals surface area contributed by atoms with Crippen LogP contribution in [0.5, 0.6) is 0 Å². The Bertz CT molecular complexity index is 1010. The normalized spacial score (nSPS) is 19.6. The van der Waals surface area contributed by atoms with Gasteiger partial charge in [-0.25, -0.2) is 0 Å². The Morgan fingerprint density at radius 2 is 2.07 bits per heavy atom. The van der Waals surface area contributed by atoms with E-state index in [9.17, 15) is 4.79 Å². The van der Waals surface area contributed by atoms with Crippen molar-refractivity contribution in [3.63, 3.8) is 0 Å². The van der Waals surface area contributed by atoms with E-state index in [2.05, 4.69) is 55.8 Å². The van der Waals surface area contributed by atoms with Crippen molar-refractivity contribution in [1.82, 2.24) is 20.1 Å². The molecule has 1 aromatic carbocycles. The lowest BCUT2D eigenvalue weighted by atomic mass is 9.88. The van der Waals surface area contributed by atoms with Gasteiger partial charge in [0, 0.05) is 6.04 Å². The number of benzene rings is 1. The van der Waals surface area contributed by atoms with Crippen molar-refractivity contribution in [1.29, 1.82) is 0 Å². The van der Waals surface area contributed by atoms with Gasteiger partial charge in [0.15, 0.2) is 11.0 Å². The van der Waals surface area contributed by atoms with Crippen molar-refractivity contribution in [3.05, 3.63) is 52.9 Å². The van der Waals surface area contributed by atoms with Crippen LogP contribution in [0.3, 0.4) is 0 Å². The van der Waals surface area contributed by atoms with Crippen LogP contribution in [-0.4, -0.2) is 25.9 Å². The maximum Gasteiger partial charge on any atom is 0.233 e. The van der Waals surface area contributed by atoms with E-state index in [0.717, 1.165) is 48.0 Å². The van der Waals surface area contributed by atoms with Gasteiger partial charge in [-0.1, -0.05) is 42.1 Å². The number of aromatic nitrogens is 3. The van der Waals surface area contributed by atoms with Crippen LogP contribution in [0.15, 0.2) is 46.9 Å². The predicted octanol–water partition coefficient (Wildman–Crippen LogP) is 5.02. The Balaban J connectivity index is 1.31. The zero-order valence-corrected chi connectivity index (χ0v) is 18.0. The van der Waals surface area contributed by atoms with Gasteiger partial charge in [0.1, 0.15) is 0 Å². The molecule has 2 aliphatic rings. The topological polar surface area (TPSA) is 59.8 Å². The van der Waals surface area contributed by atoms with E-state index in [1.165, 1.54) is 22.9 Å². The number of thioether (sulfide) groups is 1. The molecule has 150 valence electrons. The fourth-order valence-corrected chi connectivity index (χ4v) is 5.63. The molecule has 2 aliphatic carbocycles. The van der Waals surface area contributed by atoms with Crippen molar-refractivity contribution in [2.75, 3.05) is 0 Å². The highest BCUT2D eigenvalue weighted by molar-refractivity contribution is 8.00. The smallest absolute Gasteiger partial charge is 0.233 e. The minimum atomic E-state index is -0.220. The van der Waals surface area contributed by atoms with E-state index < -0.39 is 0 Å². The summed E-state index contributed by atoms with van der Waals surface area (Å²) in [7, 11) is 0. The molecule has 0 saturated heterocycles. The van der Waals surface area contributed by atoms with Crippen LogP contribution in [0, 0.1) is 0 Å². The molecule has 2 atom stereocenters. The summed E-state index contributed by atoms with van der Waals surface area (Å²) < 4.78 is 2.23. The summed E-state index contributed by atoms with van der Waals surface area (Å²) in [5.41, 5.74) is 2.63. The molecule has 0 aliphatic heterocycles. The van der Waals surface area contributed by atoms with E-state index in [0.29, 0.717) is 6.04 Å². The molecule has 0 bridgehead atoms. The third-order valence-corrected chi connectivity index (χ3v) is 7.58. The summed E-state index contributed by atoms with van der Waals surface area (Å²) >= 11 is 3.20. The van der Waals surface area contributed by atoms with Gasteiger partial charge in [-0.3, -0.25) is 9.36 Å². The summed E-state index contributed by atoms with van der Waals surface area (Å²) in [5, 5.41) is 14.9. The monoisotopic (exact) mass is 424 g/mol. The number of hydrogen-bond donors (Lipinski definition) is 1. The van der Waals surface area contributed by atoms with Gasteiger partial charge in [-0.15, -0.1) is 21.5 Å². The van der Waals surface area contributed by atoms with Crippen LogP contribution < -0.4 is 5.32 Å². The molecule has 1 fully saturated rings. The number of fused-ring (bicyclic) bond motifs is 1. The minimum absolute atomic E-state index is 0.0692. The van der Waals surface area contributed by atoms with Gasteiger partial charge in [0.25, 0.3) is 0 Å². The fourth-order valence-electron chi connectivity index (χ4n) is 4.00. The van der Waals surface area contributed by atoms with Gasteiger partial charge in [-0.2, -0.15) is 0 Å². The number of amides is 1. The molecule has 3 aromatic rings. The maximum atomic E-state index is 13.0. The van der Waals surface area contributed by atoms with E-state index in [1.807, 2.05) is 13.0 Å². The first-order valence-electron chi connectivity index (χ1n) is 10.2. The largest absolute Gasteiger partial charge is 0.348 e. The van der Waals surface area contributed by atoms with E-state index in [-0.39, 0.29) is 17.2 Å². The summed E-state index contributed by atoms with van der Waals surface area (Å²) in [6, 6.07) is 13.2. The van der Waals surface area contributed by atoms with Crippen molar-refractivity contribution in [2.24, 2.45) is 0 Å². The third-order valence-electron chi connectivity index (χ3n) is 5.66. The summed E-state index contributed by atoms with van der Waals surface area (Å²) in [6.07, 6.45) is 5.53. The van der Waals surface area contributed by atoms with Crippen LogP contribution in [0.1, 0.15) is 55.8 Å². The number of nitrogens with one attached hydrogen (secondary N) is 1. The van der Waals surface area contributed by atoms with Crippen molar-refractivity contribution in [3.8, 4) is 10.7 Å². The van der Waals surface area contributed by atoms with Crippen LogP contribution in [-0.2, 0) is 11.2 Å². The Labute approximate surface area is 178 Å². The standard InChI is InChI=1S/C22H24N4OS2/c1-14(21(27)23-18-9-4-7-15-6-2-3-8-17(15)18)29-22-25-24-20(19-10-5-13-28-19)26(22)16-11-12-16/h2-3,5-6,8,10,13-14,16,18H,4,7,9,11-12H2,1H3,(H,23,27). The van der Waals surface area contributed by atoms with Crippen molar-refractivity contribution >= 4 is 29.0 Å². The Morgan fingerprint density at radius 3 is 2.86 bits per heavy atom. The molecule has 1 N–H and O–H groups in total. The average molecular weight is 425 g/mol. The Morgan fingerprint density at radius 1 is 1.21 bits per heavy atom. The second-order valence-electron chi connectivity index (χ2n) is 7.80. The molecule has 2 unspecified atom stereocenters. The molecule has 5 nitrogen and oxygen atoms in total. The lowest BCUT2D eigenvalue weighted by Gasteiger charge is -2.27. The van der Waals surface area contributed by atoms with Gasteiger partial charge in [0.2, 0.25) is 5.91 Å². The molecule has 0 spiro atoms. The first-order chi connectivity index (χ1) is 14.2. The second-order valence-corrected chi connectivity index (χ2v) is 10.1. The molecule has 1 saturated carbocycles. The summed E-state index contributed by atoms with van der Waals surface area (Å²) in [6.45, 7) is 1.96. The minimum Gasteiger partial charge on any atom is -0.348 e. The number of hydrogen-bond acceptors (Lipinski definition) is 5. The fraction of sp³-hybridized carbons (Fsp3) is 0.409. The molecule has 29 heavy (non-hydrogen) atoms. The molecule has 2 heterocycles. The second kappa shape index (κ2) is 7.95. The average Bonchev–Trinajstić information content (AvgIpc) is 3.25. The van der Waals surface area contributed by atoms with E-state index >= 15 is 0 Å². The van der Waals surface area contributed by atoms with Crippen LogP contribution in [0.25, 0.3) is 10.7 Å². The number of carbonyl (C=O) groups is 1. The maximum absolute atomic E-state index is 13.0. The van der Waals surface area contributed by atoms with Crippen molar-refractivity contribution < 1.29 is 4.79 Å².